The summed E-state index contributed by atoms with van der Waals surface area (Å²) in [7, 11) is 1.91. The first kappa shape index (κ1) is 15.5. The van der Waals surface area contributed by atoms with Crippen LogP contribution in [0.2, 0.25) is 5.02 Å². The van der Waals surface area contributed by atoms with Crippen molar-refractivity contribution in [3.8, 4) is 0 Å². The van der Waals surface area contributed by atoms with Crippen LogP contribution in [0.4, 0.5) is 0 Å². The Morgan fingerprint density at radius 1 is 1.45 bits per heavy atom. The molecule has 1 unspecified atom stereocenters. The quantitative estimate of drug-likeness (QED) is 0.860. The van der Waals surface area contributed by atoms with Gasteiger partial charge in [-0.3, -0.25) is 4.68 Å². The van der Waals surface area contributed by atoms with Crippen LogP contribution in [0.5, 0.6) is 0 Å². The van der Waals surface area contributed by atoms with E-state index < -0.39 is 0 Å². The van der Waals surface area contributed by atoms with E-state index in [4.69, 9.17) is 11.6 Å². The average Bonchev–Trinajstić information content (AvgIpc) is 2.83. The Kier molecular flexibility index (Phi) is 5.57. The van der Waals surface area contributed by atoms with E-state index in [1.165, 1.54) is 0 Å². The molecular weight excluding hydrogens is 340 g/mol. The SMILES string of the molecule is CCCNC(Cc1ncnn1C)c1ccc(Br)c(Cl)c1. The highest BCUT2D eigenvalue weighted by Gasteiger charge is 2.15. The number of nitrogens with one attached hydrogen (secondary N) is 1. The lowest BCUT2D eigenvalue weighted by atomic mass is 10.0. The maximum Gasteiger partial charge on any atom is 0.138 e. The van der Waals surface area contributed by atoms with E-state index in [1.807, 2.05) is 19.2 Å². The van der Waals surface area contributed by atoms with Gasteiger partial charge in [-0.25, -0.2) is 4.98 Å². The zero-order valence-electron chi connectivity index (χ0n) is 11.6. The molecule has 0 amide bonds. The van der Waals surface area contributed by atoms with Gasteiger partial charge in [-0.1, -0.05) is 24.6 Å². The summed E-state index contributed by atoms with van der Waals surface area (Å²) < 4.78 is 2.72. The first-order chi connectivity index (χ1) is 9.61. The molecule has 1 aromatic carbocycles. The standard InChI is InChI=1S/C14H18BrClN4/c1-3-6-17-13(8-14-18-9-19-20(14)2)10-4-5-11(15)12(16)7-10/h4-5,7,9,13,17H,3,6,8H2,1-2H3. The lowest BCUT2D eigenvalue weighted by molar-refractivity contribution is 0.506. The largest absolute Gasteiger partial charge is 0.310 e. The molecule has 1 atom stereocenters. The Bertz CT molecular complexity index is 570. The predicted molar refractivity (Wildman–Crippen MR) is 84.9 cm³/mol. The molecule has 0 aliphatic carbocycles. The number of aromatic nitrogens is 3. The smallest absolute Gasteiger partial charge is 0.138 e. The molecule has 0 radical (unpaired) electrons. The molecule has 1 N–H and O–H groups in total. The van der Waals surface area contributed by atoms with E-state index in [0.717, 1.165) is 40.3 Å². The van der Waals surface area contributed by atoms with Crippen molar-refractivity contribution in [2.24, 2.45) is 7.05 Å². The molecule has 0 fully saturated rings. The molecule has 0 spiro atoms. The van der Waals surface area contributed by atoms with Crippen LogP contribution < -0.4 is 5.32 Å². The third-order valence-electron chi connectivity index (χ3n) is 3.18. The van der Waals surface area contributed by atoms with Gasteiger partial charge in [0.2, 0.25) is 0 Å². The second kappa shape index (κ2) is 7.20. The van der Waals surface area contributed by atoms with E-state index >= 15 is 0 Å². The van der Waals surface area contributed by atoms with Gasteiger partial charge in [-0.2, -0.15) is 5.10 Å². The zero-order chi connectivity index (χ0) is 14.5. The third kappa shape index (κ3) is 3.81. The van der Waals surface area contributed by atoms with Gasteiger partial charge in [0.1, 0.15) is 12.2 Å². The fourth-order valence-corrected chi connectivity index (χ4v) is 2.48. The van der Waals surface area contributed by atoms with Crippen LogP contribution in [-0.2, 0) is 13.5 Å². The van der Waals surface area contributed by atoms with Crippen molar-refractivity contribution in [3.63, 3.8) is 0 Å². The fourth-order valence-electron chi connectivity index (χ4n) is 2.04. The summed E-state index contributed by atoms with van der Waals surface area (Å²) in [4.78, 5) is 4.30. The summed E-state index contributed by atoms with van der Waals surface area (Å²) in [6.07, 6.45) is 3.45. The van der Waals surface area contributed by atoms with Crippen LogP contribution in [0.15, 0.2) is 29.0 Å². The average molecular weight is 358 g/mol. The van der Waals surface area contributed by atoms with Gasteiger partial charge in [0.25, 0.3) is 0 Å². The summed E-state index contributed by atoms with van der Waals surface area (Å²) in [5.41, 5.74) is 1.16. The summed E-state index contributed by atoms with van der Waals surface area (Å²) in [5.74, 6) is 0.956. The molecular formula is C14H18BrClN4. The molecule has 20 heavy (non-hydrogen) atoms. The number of nitrogens with zero attached hydrogens (tertiary/aromatic N) is 3. The Labute approximate surface area is 132 Å². The molecule has 4 nitrogen and oxygen atoms in total. The highest BCUT2D eigenvalue weighted by atomic mass is 79.9. The van der Waals surface area contributed by atoms with Crippen LogP contribution in [0.25, 0.3) is 0 Å². The molecule has 2 aromatic rings. The Morgan fingerprint density at radius 3 is 2.85 bits per heavy atom. The molecule has 0 aliphatic heterocycles. The molecule has 0 aliphatic rings. The Morgan fingerprint density at radius 2 is 2.25 bits per heavy atom. The number of rotatable bonds is 6. The van der Waals surface area contributed by atoms with Crippen molar-refractivity contribution < 1.29 is 0 Å². The molecule has 2 rings (SSSR count). The predicted octanol–water partition coefficient (Wildman–Crippen LogP) is 3.51. The number of aryl methyl sites for hydroxylation is 1. The minimum atomic E-state index is 0.184. The molecule has 0 saturated carbocycles. The summed E-state index contributed by atoms with van der Waals surface area (Å²) in [5, 5.41) is 8.39. The van der Waals surface area contributed by atoms with Crippen molar-refractivity contribution in [1.29, 1.82) is 0 Å². The van der Waals surface area contributed by atoms with E-state index in [9.17, 15) is 0 Å². The lowest BCUT2D eigenvalue weighted by Crippen LogP contribution is -2.25. The van der Waals surface area contributed by atoms with E-state index in [-0.39, 0.29) is 6.04 Å². The van der Waals surface area contributed by atoms with Gasteiger partial charge in [-0.15, -0.1) is 0 Å². The Balaban J connectivity index is 2.22. The van der Waals surface area contributed by atoms with Crippen molar-refractivity contribution >= 4 is 27.5 Å². The second-order valence-corrected chi connectivity index (χ2v) is 5.95. The normalized spacial score (nSPS) is 12.6. The van der Waals surface area contributed by atoms with Crippen molar-refractivity contribution in [1.82, 2.24) is 20.1 Å². The van der Waals surface area contributed by atoms with Crippen LogP contribution in [0.1, 0.15) is 30.8 Å². The molecule has 1 aromatic heterocycles. The molecule has 108 valence electrons. The monoisotopic (exact) mass is 356 g/mol. The first-order valence-electron chi connectivity index (χ1n) is 6.63. The maximum atomic E-state index is 6.20. The van der Waals surface area contributed by atoms with Gasteiger partial charge in [-0.05, 0) is 46.6 Å². The van der Waals surface area contributed by atoms with Crippen LogP contribution in [0.3, 0.4) is 0 Å². The van der Waals surface area contributed by atoms with E-state index in [2.05, 4.69) is 44.3 Å². The summed E-state index contributed by atoms with van der Waals surface area (Å²) in [6, 6.07) is 6.24. The van der Waals surface area contributed by atoms with Crippen molar-refractivity contribution in [2.45, 2.75) is 25.8 Å². The van der Waals surface area contributed by atoms with Crippen LogP contribution >= 0.6 is 27.5 Å². The molecule has 1 heterocycles. The van der Waals surface area contributed by atoms with Crippen LogP contribution in [0, 0.1) is 0 Å². The summed E-state index contributed by atoms with van der Waals surface area (Å²) >= 11 is 9.62. The molecule has 6 heteroatoms. The first-order valence-corrected chi connectivity index (χ1v) is 7.80. The minimum Gasteiger partial charge on any atom is -0.310 e. The van der Waals surface area contributed by atoms with Gasteiger partial charge in [0.05, 0.1) is 5.02 Å². The van der Waals surface area contributed by atoms with Gasteiger partial charge >= 0.3 is 0 Å². The summed E-state index contributed by atoms with van der Waals surface area (Å²) in [6.45, 7) is 3.11. The number of hydrogen-bond acceptors (Lipinski definition) is 3. The highest BCUT2D eigenvalue weighted by Crippen LogP contribution is 2.27. The molecule has 0 bridgehead atoms. The maximum absolute atomic E-state index is 6.20. The fraction of sp³-hybridized carbons (Fsp3) is 0.429. The topological polar surface area (TPSA) is 42.7 Å². The number of halogens is 2. The van der Waals surface area contributed by atoms with Gasteiger partial charge < -0.3 is 5.32 Å². The number of benzene rings is 1. The zero-order valence-corrected chi connectivity index (χ0v) is 13.9. The van der Waals surface area contributed by atoms with Crippen LogP contribution in [-0.4, -0.2) is 21.3 Å². The van der Waals surface area contributed by atoms with Gasteiger partial charge in [0, 0.05) is 24.0 Å². The van der Waals surface area contributed by atoms with Gasteiger partial charge in [0.15, 0.2) is 0 Å². The molecule has 0 saturated heterocycles. The van der Waals surface area contributed by atoms with E-state index in [1.54, 1.807) is 11.0 Å². The van der Waals surface area contributed by atoms with Crippen molar-refractivity contribution in [3.05, 3.63) is 45.4 Å². The highest BCUT2D eigenvalue weighted by molar-refractivity contribution is 9.10. The Hall–Kier alpha value is -0.910. The second-order valence-electron chi connectivity index (χ2n) is 4.68. The lowest BCUT2D eigenvalue weighted by Gasteiger charge is -2.19. The minimum absolute atomic E-state index is 0.184. The van der Waals surface area contributed by atoms with Crippen molar-refractivity contribution in [2.75, 3.05) is 6.54 Å². The van der Waals surface area contributed by atoms with E-state index in [0.29, 0.717) is 0 Å². The third-order valence-corrected chi connectivity index (χ3v) is 4.41. The number of hydrogen-bond donors (Lipinski definition) is 1.